The van der Waals surface area contributed by atoms with Gasteiger partial charge in [-0.1, -0.05) is 0 Å². The second kappa shape index (κ2) is 5.24. The predicted molar refractivity (Wildman–Crippen MR) is 77.3 cm³/mol. The van der Waals surface area contributed by atoms with Crippen LogP contribution >= 0.6 is 15.9 Å². The van der Waals surface area contributed by atoms with E-state index < -0.39 is 9.84 Å². The lowest BCUT2D eigenvalue weighted by Gasteiger charge is -2.15. The van der Waals surface area contributed by atoms with Gasteiger partial charge in [0.15, 0.2) is 9.84 Å². The van der Waals surface area contributed by atoms with Gasteiger partial charge in [-0.3, -0.25) is 4.79 Å². The summed E-state index contributed by atoms with van der Waals surface area (Å²) in [5.41, 5.74) is 0.324. The predicted octanol–water partition coefficient (Wildman–Crippen LogP) is 1.19. The van der Waals surface area contributed by atoms with E-state index in [0.717, 1.165) is 0 Å². The normalized spacial score (nSPS) is 21.8. The Morgan fingerprint density at radius 3 is 2.74 bits per heavy atom. The van der Waals surface area contributed by atoms with Crippen LogP contribution in [0.3, 0.4) is 0 Å². The number of sulfone groups is 1. The average molecular weight is 350 g/mol. The first-order chi connectivity index (χ1) is 8.80. The summed E-state index contributed by atoms with van der Waals surface area (Å²) >= 11 is 3.25. The number of hydrogen-bond acceptors (Lipinski definition) is 5. The van der Waals surface area contributed by atoms with Gasteiger partial charge in [0.1, 0.15) is 4.47 Å². The second-order valence-corrected chi connectivity index (χ2v) is 7.98. The molecule has 2 rings (SSSR count). The molecule has 0 aromatic carbocycles. The van der Waals surface area contributed by atoms with Gasteiger partial charge in [0.05, 0.1) is 29.4 Å². The molecule has 1 aromatic heterocycles. The molecule has 106 valence electrons. The van der Waals surface area contributed by atoms with E-state index in [-0.39, 0.29) is 29.1 Å². The molecule has 1 aliphatic rings. The molecule has 0 saturated carbocycles. The first-order valence-corrected chi connectivity index (χ1v) is 8.66. The Bertz CT molecular complexity index is 639. The minimum absolute atomic E-state index is 0.0234. The zero-order valence-corrected chi connectivity index (χ0v) is 13.2. The van der Waals surface area contributed by atoms with E-state index in [1.54, 1.807) is 6.20 Å². The van der Waals surface area contributed by atoms with Gasteiger partial charge in [0.25, 0.3) is 5.56 Å². The lowest BCUT2D eigenvalue weighted by atomic mass is 10.2. The van der Waals surface area contributed by atoms with Crippen molar-refractivity contribution in [3.8, 4) is 0 Å². The lowest BCUT2D eigenvalue weighted by molar-refractivity contribution is 0.501. The van der Waals surface area contributed by atoms with Crippen molar-refractivity contribution in [1.29, 1.82) is 0 Å². The molecular weight excluding hydrogens is 334 g/mol. The summed E-state index contributed by atoms with van der Waals surface area (Å²) in [6, 6.07) is -0.179. The van der Waals surface area contributed by atoms with Crippen molar-refractivity contribution in [1.82, 2.24) is 9.78 Å². The average Bonchev–Trinajstić information content (AvgIpc) is 2.64. The van der Waals surface area contributed by atoms with Gasteiger partial charge >= 0.3 is 0 Å². The monoisotopic (exact) mass is 349 g/mol. The molecule has 1 aromatic rings. The fraction of sp³-hybridized carbons (Fsp3) is 0.636. The zero-order chi connectivity index (χ0) is 14.2. The first kappa shape index (κ1) is 14.5. The molecule has 6 nitrogen and oxygen atoms in total. The van der Waals surface area contributed by atoms with E-state index >= 15 is 0 Å². The summed E-state index contributed by atoms with van der Waals surface area (Å²) in [4.78, 5) is 12.0. The molecule has 0 aliphatic carbocycles. The number of aromatic nitrogens is 2. The van der Waals surface area contributed by atoms with Gasteiger partial charge < -0.3 is 5.32 Å². The van der Waals surface area contributed by atoms with Crippen molar-refractivity contribution in [2.24, 2.45) is 0 Å². The van der Waals surface area contributed by atoms with Crippen LogP contribution in [0.4, 0.5) is 5.69 Å². The molecular formula is C11H16BrN3O3S. The van der Waals surface area contributed by atoms with Crippen molar-refractivity contribution >= 4 is 31.5 Å². The largest absolute Gasteiger partial charge is 0.379 e. The third-order valence-electron chi connectivity index (χ3n) is 3.02. The Hall–Kier alpha value is -0.890. The quantitative estimate of drug-likeness (QED) is 0.886. The fourth-order valence-corrected chi connectivity index (χ4v) is 4.11. The highest BCUT2D eigenvalue weighted by Crippen LogP contribution is 2.22. The molecule has 2 heterocycles. The standard InChI is InChI=1S/C11H16BrN3O3S/c1-7(2)15-11(16)10(12)9(5-13-15)14-8-3-4-19(17,18)6-8/h5,7-8,14H,3-4,6H2,1-2H3. The highest BCUT2D eigenvalue weighted by molar-refractivity contribution is 9.10. The van der Waals surface area contributed by atoms with Crippen molar-refractivity contribution in [3.63, 3.8) is 0 Å². The van der Waals surface area contributed by atoms with Crippen molar-refractivity contribution in [3.05, 3.63) is 21.0 Å². The Morgan fingerprint density at radius 2 is 2.21 bits per heavy atom. The van der Waals surface area contributed by atoms with Crippen molar-refractivity contribution in [2.75, 3.05) is 16.8 Å². The van der Waals surface area contributed by atoms with Crippen LogP contribution in [0.25, 0.3) is 0 Å². The second-order valence-electron chi connectivity index (χ2n) is 4.96. The van der Waals surface area contributed by atoms with Gasteiger partial charge in [-0.05, 0) is 36.2 Å². The smallest absolute Gasteiger partial charge is 0.283 e. The Labute approximate surface area is 120 Å². The maximum atomic E-state index is 12.0. The molecule has 1 saturated heterocycles. The van der Waals surface area contributed by atoms with Gasteiger partial charge in [0, 0.05) is 6.04 Å². The Morgan fingerprint density at radius 1 is 1.53 bits per heavy atom. The summed E-state index contributed by atoms with van der Waals surface area (Å²) in [5.74, 6) is 0.297. The molecule has 0 amide bonds. The maximum absolute atomic E-state index is 12.0. The van der Waals surface area contributed by atoms with Gasteiger partial charge in [-0.2, -0.15) is 5.10 Å². The van der Waals surface area contributed by atoms with E-state index in [4.69, 9.17) is 0 Å². The van der Waals surface area contributed by atoms with Crippen LogP contribution in [0.2, 0.25) is 0 Å². The van der Waals surface area contributed by atoms with Crippen molar-refractivity contribution < 1.29 is 8.42 Å². The topological polar surface area (TPSA) is 81.1 Å². The zero-order valence-electron chi connectivity index (χ0n) is 10.8. The summed E-state index contributed by atoms with van der Waals surface area (Å²) < 4.78 is 24.6. The van der Waals surface area contributed by atoms with Crippen molar-refractivity contribution in [2.45, 2.75) is 32.4 Å². The molecule has 1 fully saturated rings. The Kier molecular flexibility index (Phi) is 4.00. The van der Waals surface area contributed by atoms with Crippen LogP contribution in [0.15, 0.2) is 15.5 Å². The van der Waals surface area contributed by atoms with Crippen LogP contribution < -0.4 is 10.9 Å². The highest BCUT2D eigenvalue weighted by atomic mass is 79.9. The minimum Gasteiger partial charge on any atom is -0.379 e. The molecule has 0 radical (unpaired) electrons. The number of hydrogen-bond donors (Lipinski definition) is 1. The number of anilines is 1. The molecule has 1 aliphatic heterocycles. The van der Waals surface area contributed by atoms with Crippen LogP contribution in [-0.4, -0.2) is 35.7 Å². The highest BCUT2D eigenvalue weighted by Gasteiger charge is 2.28. The van der Waals surface area contributed by atoms with Crippen LogP contribution in [-0.2, 0) is 9.84 Å². The molecule has 1 N–H and O–H groups in total. The molecule has 1 unspecified atom stereocenters. The minimum atomic E-state index is -2.94. The van der Waals surface area contributed by atoms with E-state index in [0.29, 0.717) is 16.6 Å². The number of rotatable bonds is 3. The lowest BCUT2D eigenvalue weighted by Crippen LogP contribution is -2.28. The van der Waals surface area contributed by atoms with Gasteiger partial charge in [0.2, 0.25) is 0 Å². The van der Waals surface area contributed by atoms with Crippen LogP contribution in [0.5, 0.6) is 0 Å². The van der Waals surface area contributed by atoms with E-state index in [9.17, 15) is 13.2 Å². The number of nitrogens with one attached hydrogen (secondary N) is 1. The summed E-state index contributed by atoms with van der Waals surface area (Å²) in [6.07, 6.45) is 2.11. The summed E-state index contributed by atoms with van der Waals surface area (Å²) in [5, 5.41) is 7.15. The SMILES string of the molecule is CC(C)n1ncc(NC2CCS(=O)(=O)C2)c(Br)c1=O. The van der Waals surface area contributed by atoms with E-state index in [2.05, 4.69) is 26.3 Å². The number of halogens is 1. The van der Waals surface area contributed by atoms with Gasteiger partial charge in [-0.25, -0.2) is 13.1 Å². The summed E-state index contributed by atoms with van der Waals surface area (Å²) in [7, 11) is -2.94. The van der Waals surface area contributed by atoms with E-state index in [1.165, 1.54) is 4.68 Å². The molecule has 8 heteroatoms. The third-order valence-corrected chi connectivity index (χ3v) is 5.56. The molecule has 19 heavy (non-hydrogen) atoms. The molecule has 1 atom stereocenters. The number of nitrogens with zero attached hydrogens (tertiary/aromatic N) is 2. The van der Waals surface area contributed by atoms with Crippen LogP contribution in [0, 0.1) is 0 Å². The molecule has 0 bridgehead atoms. The molecule has 0 spiro atoms. The summed E-state index contributed by atoms with van der Waals surface area (Å²) in [6.45, 7) is 3.75. The first-order valence-electron chi connectivity index (χ1n) is 6.04. The Balaban J connectivity index is 2.23. The fourth-order valence-electron chi connectivity index (χ4n) is 2.04. The van der Waals surface area contributed by atoms with E-state index in [1.807, 2.05) is 13.8 Å². The maximum Gasteiger partial charge on any atom is 0.283 e. The third kappa shape index (κ3) is 3.17. The van der Waals surface area contributed by atoms with Gasteiger partial charge in [-0.15, -0.1) is 0 Å². The van der Waals surface area contributed by atoms with Crippen LogP contribution in [0.1, 0.15) is 26.3 Å².